The molecule has 1 aromatic carbocycles. The topological polar surface area (TPSA) is 64.3 Å². The molecule has 0 aliphatic carbocycles. The van der Waals surface area contributed by atoms with Crippen molar-refractivity contribution in [3.8, 4) is 5.75 Å². The number of phenols is 1. The Morgan fingerprint density at radius 3 is 3.00 bits per heavy atom. The summed E-state index contributed by atoms with van der Waals surface area (Å²) in [5.74, 6) is -0.145. The first-order valence-electron chi connectivity index (χ1n) is 4.83. The zero-order chi connectivity index (χ0) is 11.7. The lowest BCUT2D eigenvalue weighted by Gasteiger charge is -1.96. The monoisotopic (exact) mass is 220 g/mol. The van der Waals surface area contributed by atoms with Crippen LogP contribution in [0.5, 0.6) is 5.75 Å². The van der Waals surface area contributed by atoms with E-state index in [1.54, 1.807) is 29.9 Å². The number of esters is 1. The average Bonchev–Trinajstić information content (AvgIpc) is 2.55. The zero-order valence-corrected chi connectivity index (χ0v) is 9.10. The van der Waals surface area contributed by atoms with Gasteiger partial charge in [-0.15, -0.1) is 0 Å². The third-order valence-corrected chi connectivity index (χ3v) is 2.45. The van der Waals surface area contributed by atoms with Crippen LogP contribution < -0.4 is 0 Å². The van der Waals surface area contributed by atoms with Crippen molar-refractivity contribution in [2.24, 2.45) is 7.05 Å². The van der Waals surface area contributed by atoms with Gasteiger partial charge in [0.05, 0.1) is 24.7 Å². The molecule has 0 fully saturated rings. The van der Waals surface area contributed by atoms with E-state index in [2.05, 4.69) is 9.84 Å². The number of aryl methyl sites for hydroxylation is 1. The van der Waals surface area contributed by atoms with Crippen molar-refractivity contribution in [3.05, 3.63) is 23.9 Å². The van der Waals surface area contributed by atoms with Gasteiger partial charge in [-0.2, -0.15) is 5.10 Å². The fourth-order valence-electron chi connectivity index (χ4n) is 1.66. The smallest absolute Gasteiger partial charge is 0.311 e. The minimum atomic E-state index is -0.326. The van der Waals surface area contributed by atoms with Crippen molar-refractivity contribution in [1.82, 2.24) is 9.78 Å². The summed E-state index contributed by atoms with van der Waals surface area (Å²) in [6.07, 6.45) is 0.138. The lowest BCUT2D eigenvalue weighted by molar-refractivity contribution is -0.139. The Morgan fingerprint density at radius 1 is 1.56 bits per heavy atom. The lowest BCUT2D eigenvalue weighted by atomic mass is 10.1. The molecule has 1 aromatic heterocycles. The predicted octanol–water partition coefficient (Wildman–Crippen LogP) is 0.994. The fraction of sp³-hybridized carbons (Fsp3) is 0.273. The Morgan fingerprint density at radius 2 is 2.31 bits per heavy atom. The van der Waals surface area contributed by atoms with E-state index in [0.29, 0.717) is 5.69 Å². The van der Waals surface area contributed by atoms with Gasteiger partial charge in [0.25, 0.3) is 0 Å². The summed E-state index contributed by atoms with van der Waals surface area (Å²) in [6, 6.07) is 4.93. The highest BCUT2D eigenvalue weighted by atomic mass is 16.5. The number of aromatic hydroxyl groups is 1. The third-order valence-electron chi connectivity index (χ3n) is 2.45. The Labute approximate surface area is 92.2 Å². The van der Waals surface area contributed by atoms with Gasteiger partial charge in [0.2, 0.25) is 0 Å². The largest absolute Gasteiger partial charge is 0.508 e. The molecule has 5 nitrogen and oxygen atoms in total. The van der Waals surface area contributed by atoms with E-state index in [4.69, 9.17) is 0 Å². The maximum atomic E-state index is 11.2. The van der Waals surface area contributed by atoms with Gasteiger partial charge in [-0.1, -0.05) is 0 Å². The minimum absolute atomic E-state index is 0.138. The quantitative estimate of drug-likeness (QED) is 0.767. The van der Waals surface area contributed by atoms with Crippen molar-refractivity contribution in [2.75, 3.05) is 7.11 Å². The second-order valence-corrected chi connectivity index (χ2v) is 3.52. The Bertz CT molecular complexity index is 545. The Kier molecular flexibility index (Phi) is 2.52. The number of ether oxygens (including phenoxy) is 1. The van der Waals surface area contributed by atoms with E-state index < -0.39 is 0 Å². The summed E-state index contributed by atoms with van der Waals surface area (Å²) < 4.78 is 6.23. The molecule has 84 valence electrons. The van der Waals surface area contributed by atoms with Gasteiger partial charge in [0.15, 0.2) is 0 Å². The van der Waals surface area contributed by atoms with E-state index in [1.807, 2.05) is 0 Å². The number of carbonyl (C=O) groups is 1. The molecule has 0 saturated heterocycles. The molecule has 1 N–H and O–H groups in total. The number of benzene rings is 1. The molecule has 0 aliphatic heterocycles. The maximum Gasteiger partial charge on any atom is 0.311 e. The molecule has 0 saturated carbocycles. The van der Waals surface area contributed by atoms with E-state index >= 15 is 0 Å². The van der Waals surface area contributed by atoms with Crippen molar-refractivity contribution in [3.63, 3.8) is 0 Å². The van der Waals surface area contributed by atoms with Crippen LogP contribution in [-0.4, -0.2) is 28.0 Å². The standard InChI is InChI=1S/C11H12N2O3/c1-13-10-5-7(14)3-4-8(10)9(12-13)6-11(15)16-2/h3-5,14H,6H2,1-2H3. The van der Waals surface area contributed by atoms with Gasteiger partial charge < -0.3 is 9.84 Å². The molecule has 0 amide bonds. The average molecular weight is 220 g/mol. The lowest BCUT2D eigenvalue weighted by Crippen LogP contribution is -2.05. The molecule has 0 unspecified atom stereocenters. The number of aromatic nitrogens is 2. The number of phenolic OH excluding ortho intramolecular Hbond substituents is 1. The van der Waals surface area contributed by atoms with E-state index in [-0.39, 0.29) is 18.1 Å². The summed E-state index contributed by atoms with van der Waals surface area (Å²) in [4.78, 5) is 11.2. The summed E-state index contributed by atoms with van der Waals surface area (Å²) >= 11 is 0. The van der Waals surface area contributed by atoms with Crippen LogP contribution >= 0.6 is 0 Å². The number of hydrogen-bond donors (Lipinski definition) is 1. The molecule has 1 heterocycles. The van der Waals surface area contributed by atoms with Crippen LogP contribution in [0.25, 0.3) is 10.9 Å². The van der Waals surface area contributed by atoms with Crippen molar-refractivity contribution in [2.45, 2.75) is 6.42 Å². The summed E-state index contributed by atoms with van der Waals surface area (Å²) in [5.41, 5.74) is 1.45. The first-order chi connectivity index (χ1) is 7.61. The predicted molar refractivity (Wildman–Crippen MR) is 58.1 cm³/mol. The molecule has 2 aromatic rings. The van der Waals surface area contributed by atoms with Gasteiger partial charge in [0, 0.05) is 18.5 Å². The van der Waals surface area contributed by atoms with Crippen LogP contribution in [0.15, 0.2) is 18.2 Å². The van der Waals surface area contributed by atoms with E-state index in [1.165, 1.54) is 7.11 Å². The van der Waals surface area contributed by atoms with Crippen LogP contribution in [0.2, 0.25) is 0 Å². The molecule has 0 radical (unpaired) electrons. The number of fused-ring (bicyclic) bond motifs is 1. The summed E-state index contributed by atoms with van der Waals surface area (Å²) in [7, 11) is 3.11. The third kappa shape index (κ3) is 1.71. The van der Waals surface area contributed by atoms with Gasteiger partial charge in [0.1, 0.15) is 5.75 Å². The van der Waals surface area contributed by atoms with Gasteiger partial charge in [-0.3, -0.25) is 9.48 Å². The van der Waals surface area contributed by atoms with Crippen LogP contribution in [0.3, 0.4) is 0 Å². The van der Waals surface area contributed by atoms with Crippen LogP contribution in [0.1, 0.15) is 5.69 Å². The number of nitrogens with zero attached hydrogens (tertiary/aromatic N) is 2. The highest BCUT2D eigenvalue weighted by molar-refractivity contribution is 5.86. The summed E-state index contributed by atoms with van der Waals surface area (Å²) in [6.45, 7) is 0. The molecule has 0 atom stereocenters. The first-order valence-corrected chi connectivity index (χ1v) is 4.83. The molecular weight excluding hydrogens is 208 g/mol. The fourth-order valence-corrected chi connectivity index (χ4v) is 1.66. The number of carbonyl (C=O) groups excluding carboxylic acids is 1. The van der Waals surface area contributed by atoms with E-state index in [0.717, 1.165) is 10.9 Å². The van der Waals surface area contributed by atoms with Gasteiger partial charge >= 0.3 is 5.97 Å². The number of rotatable bonds is 2. The minimum Gasteiger partial charge on any atom is -0.508 e. The Balaban J connectivity index is 2.51. The highest BCUT2D eigenvalue weighted by Crippen LogP contribution is 2.22. The molecular formula is C11H12N2O3. The van der Waals surface area contributed by atoms with Crippen LogP contribution in [0, 0.1) is 0 Å². The zero-order valence-electron chi connectivity index (χ0n) is 9.10. The van der Waals surface area contributed by atoms with Crippen molar-refractivity contribution >= 4 is 16.9 Å². The highest BCUT2D eigenvalue weighted by Gasteiger charge is 2.12. The van der Waals surface area contributed by atoms with Gasteiger partial charge in [-0.05, 0) is 12.1 Å². The Hall–Kier alpha value is -2.04. The first kappa shape index (κ1) is 10.5. The van der Waals surface area contributed by atoms with Crippen LogP contribution in [-0.2, 0) is 23.0 Å². The second-order valence-electron chi connectivity index (χ2n) is 3.52. The normalized spacial score (nSPS) is 10.6. The number of hydrogen-bond acceptors (Lipinski definition) is 4. The maximum absolute atomic E-state index is 11.2. The van der Waals surface area contributed by atoms with E-state index in [9.17, 15) is 9.90 Å². The molecule has 0 bridgehead atoms. The molecule has 2 rings (SSSR count). The molecule has 0 spiro atoms. The summed E-state index contributed by atoms with van der Waals surface area (Å²) in [5, 5.41) is 14.4. The molecule has 16 heavy (non-hydrogen) atoms. The molecule has 5 heteroatoms. The number of methoxy groups -OCH3 is 1. The van der Waals surface area contributed by atoms with Crippen molar-refractivity contribution in [1.29, 1.82) is 0 Å². The SMILES string of the molecule is COC(=O)Cc1nn(C)c2cc(O)ccc12. The van der Waals surface area contributed by atoms with Gasteiger partial charge in [-0.25, -0.2) is 0 Å². The second kappa shape index (κ2) is 3.84. The van der Waals surface area contributed by atoms with Crippen molar-refractivity contribution < 1.29 is 14.6 Å². The van der Waals surface area contributed by atoms with Crippen LogP contribution in [0.4, 0.5) is 0 Å². The molecule has 0 aliphatic rings.